The Morgan fingerprint density at radius 2 is 2.10 bits per heavy atom. The largest absolute Gasteiger partial charge is 0.387 e. The highest BCUT2D eigenvalue weighted by Gasteiger charge is 2.21. The summed E-state index contributed by atoms with van der Waals surface area (Å²) in [6, 6.07) is 7.68. The van der Waals surface area contributed by atoms with Gasteiger partial charge >= 0.3 is 0 Å². The minimum absolute atomic E-state index is 0.0724. The first-order valence-corrected chi connectivity index (χ1v) is 7.70. The maximum Gasteiger partial charge on any atom is 0.223 e. The third kappa shape index (κ3) is 2.50. The monoisotopic (exact) mass is 300 g/mol. The summed E-state index contributed by atoms with van der Waals surface area (Å²) < 4.78 is 0. The van der Waals surface area contributed by atoms with Gasteiger partial charge < -0.3 is 10.1 Å². The normalized spacial score (nSPS) is 13.0. The molecule has 2 aromatic heterocycles. The number of fused-ring (bicyclic) bond motifs is 1. The summed E-state index contributed by atoms with van der Waals surface area (Å²) in [5, 5.41) is 13.1. The van der Waals surface area contributed by atoms with Gasteiger partial charge in [0, 0.05) is 22.5 Å². The summed E-state index contributed by atoms with van der Waals surface area (Å²) in [5.74, 6) is -0.0391. The van der Waals surface area contributed by atoms with Crippen LogP contribution >= 0.6 is 11.3 Å². The van der Waals surface area contributed by atoms with Crippen LogP contribution in [-0.4, -0.2) is 20.9 Å². The van der Waals surface area contributed by atoms with Crippen molar-refractivity contribution < 1.29 is 9.90 Å². The highest BCUT2D eigenvalue weighted by atomic mass is 32.1. The van der Waals surface area contributed by atoms with Gasteiger partial charge in [0.05, 0.1) is 17.4 Å². The zero-order chi connectivity index (χ0) is 15.0. The number of aliphatic hydroxyl groups is 1. The van der Waals surface area contributed by atoms with Gasteiger partial charge in [-0.1, -0.05) is 32.0 Å². The second-order valence-corrected chi connectivity index (χ2v) is 6.20. The number of para-hydroxylation sites is 1. The number of nitrogens with one attached hydrogen (secondary N) is 1. The standard InChI is InChI=1S/C16H16N2O2S/c1-9(2)14(19)13-8-21-16(18-13)15(20)11-7-17-12-6-4-3-5-10(11)12/h3-9,14,17,19H,1-2H3/t14-/m0/s1. The summed E-state index contributed by atoms with van der Waals surface area (Å²) in [4.78, 5) is 20.0. The Hall–Kier alpha value is -1.98. The van der Waals surface area contributed by atoms with Gasteiger partial charge in [-0.15, -0.1) is 11.3 Å². The lowest BCUT2D eigenvalue weighted by atomic mass is 10.1. The van der Waals surface area contributed by atoms with E-state index in [0.29, 0.717) is 16.3 Å². The average molecular weight is 300 g/mol. The van der Waals surface area contributed by atoms with Crippen LogP contribution in [0.5, 0.6) is 0 Å². The first-order valence-electron chi connectivity index (χ1n) is 6.82. The molecule has 1 atom stereocenters. The van der Waals surface area contributed by atoms with E-state index < -0.39 is 6.10 Å². The van der Waals surface area contributed by atoms with Crippen LogP contribution in [0.1, 0.15) is 41.0 Å². The molecule has 0 aliphatic rings. The molecule has 0 unspecified atom stereocenters. The molecule has 2 N–H and O–H groups in total. The molecule has 3 aromatic rings. The van der Waals surface area contributed by atoms with Crippen molar-refractivity contribution in [2.75, 3.05) is 0 Å². The predicted octanol–water partition coefficient (Wildman–Crippen LogP) is 3.54. The van der Waals surface area contributed by atoms with Crippen LogP contribution in [0, 0.1) is 5.92 Å². The number of nitrogens with zero attached hydrogens (tertiary/aromatic N) is 1. The smallest absolute Gasteiger partial charge is 0.223 e. The first kappa shape index (κ1) is 14.0. The van der Waals surface area contributed by atoms with Crippen LogP contribution in [0.4, 0.5) is 0 Å². The Morgan fingerprint density at radius 3 is 2.86 bits per heavy atom. The Kier molecular flexibility index (Phi) is 3.61. The van der Waals surface area contributed by atoms with Crippen molar-refractivity contribution in [1.82, 2.24) is 9.97 Å². The average Bonchev–Trinajstić information content (AvgIpc) is 3.12. The SMILES string of the molecule is CC(C)[C@H](O)c1csc(C(=O)c2c[nH]c3ccccc23)n1. The number of benzene rings is 1. The molecule has 0 spiro atoms. The first-order chi connectivity index (χ1) is 10.1. The molecule has 0 amide bonds. The third-order valence-corrected chi connectivity index (χ3v) is 4.34. The van der Waals surface area contributed by atoms with Crippen LogP contribution in [0.2, 0.25) is 0 Å². The second kappa shape index (κ2) is 5.42. The quantitative estimate of drug-likeness (QED) is 0.724. The molecule has 5 heteroatoms. The summed E-state index contributed by atoms with van der Waals surface area (Å²) in [6.45, 7) is 3.84. The molecule has 0 radical (unpaired) electrons. The number of carbonyl (C=O) groups excluding carboxylic acids is 1. The number of aromatic nitrogens is 2. The van der Waals surface area contributed by atoms with Crippen molar-refractivity contribution >= 4 is 28.0 Å². The Bertz CT molecular complexity index is 788. The number of thiazole rings is 1. The number of aromatic amines is 1. The fourth-order valence-corrected chi connectivity index (χ4v) is 3.04. The number of hydrogen-bond donors (Lipinski definition) is 2. The van der Waals surface area contributed by atoms with Crippen molar-refractivity contribution in [2.45, 2.75) is 20.0 Å². The minimum Gasteiger partial charge on any atom is -0.387 e. The molecule has 1 aromatic carbocycles. The van der Waals surface area contributed by atoms with Gasteiger partial charge in [-0.05, 0) is 12.0 Å². The van der Waals surface area contributed by atoms with Gasteiger partial charge in [-0.25, -0.2) is 4.98 Å². The van der Waals surface area contributed by atoms with Gasteiger partial charge in [0.2, 0.25) is 5.78 Å². The zero-order valence-electron chi connectivity index (χ0n) is 11.8. The summed E-state index contributed by atoms with van der Waals surface area (Å²) in [5.41, 5.74) is 2.11. The molecule has 2 heterocycles. The van der Waals surface area contributed by atoms with E-state index >= 15 is 0 Å². The maximum atomic E-state index is 12.6. The molecule has 0 fully saturated rings. The molecule has 0 aliphatic heterocycles. The maximum absolute atomic E-state index is 12.6. The fraction of sp³-hybridized carbons (Fsp3) is 0.250. The van der Waals surface area contributed by atoms with Crippen LogP contribution in [0.25, 0.3) is 10.9 Å². The third-order valence-electron chi connectivity index (χ3n) is 3.48. The van der Waals surface area contributed by atoms with Gasteiger partial charge in [-0.3, -0.25) is 4.79 Å². The molecule has 0 saturated carbocycles. The Balaban J connectivity index is 1.96. The van der Waals surface area contributed by atoms with E-state index in [2.05, 4.69) is 9.97 Å². The van der Waals surface area contributed by atoms with Crippen LogP contribution < -0.4 is 0 Å². The molecule has 0 aliphatic carbocycles. The van der Waals surface area contributed by atoms with E-state index in [4.69, 9.17) is 0 Å². The number of ketones is 1. The Labute approximate surface area is 126 Å². The van der Waals surface area contributed by atoms with Crippen LogP contribution in [0.3, 0.4) is 0 Å². The van der Waals surface area contributed by atoms with Crippen molar-refractivity contribution in [3.05, 3.63) is 52.1 Å². The highest BCUT2D eigenvalue weighted by Crippen LogP contribution is 2.26. The molecule has 4 nitrogen and oxygen atoms in total. The number of H-pyrrole nitrogens is 1. The van der Waals surface area contributed by atoms with Crippen LogP contribution in [-0.2, 0) is 0 Å². The van der Waals surface area contributed by atoms with Gasteiger partial charge in [0.15, 0.2) is 5.01 Å². The molecular weight excluding hydrogens is 284 g/mol. The molecule has 21 heavy (non-hydrogen) atoms. The van der Waals surface area contributed by atoms with Crippen molar-refractivity contribution in [2.24, 2.45) is 5.92 Å². The number of aliphatic hydroxyl groups excluding tert-OH is 1. The lowest BCUT2D eigenvalue weighted by Gasteiger charge is -2.10. The van der Waals surface area contributed by atoms with Gasteiger partial charge in [0.25, 0.3) is 0 Å². The predicted molar refractivity (Wildman–Crippen MR) is 83.6 cm³/mol. The lowest BCUT2D eigenvalue weighted by Crippen LogP contribution is -2.07. The summed E-state index contributed by atoms with van der Waals surface area (Å²) in [6.07, 6.45) is 1.08. The van der Waals surface area contributed by atoms with Gasteiger partial charge in [0.1, 0.15) is 0 Å². The van der Waals surface area contributed by atoms with Crippen molar-refractivity contribution in [3.63, 3.8) is 0 Å². The topological polar surface area (TPSA) is 66.0 Å². The summed E-state index contributed by atoms with van der Waals surface area (Å²) >= 11 is 1.28. The van der Waals surface area contributed by atoms with E-state index in [0.717, 1.165) is 10.9 Å². The summed E-state index contributed by atoms with van der Waals surface area (Å²) in [7, 11) is 0. The van der Waals surface area contributed by atoms with E-state index in [-0.39, 0.29) is 11.7 Å². The Morgan fingerprint density at radius 1 is 1.33 bits per heavy atom. The van der Waals surface area contributed by atoms with Crippen molar-refractivity contribution in [3.8, 4) is 0 Å². The molecule has 0 bridgehead atoms. The number of carbonyl (C=O) groups is 1. The van der Waals surface area contributed by atoms with E-state index in [1.165, 1.54) is 11.3 Å². The lowest BCUT2D eigenvalue weighted by molar-refractivity contribution is 0.103. The number of hydrogen-bond acceptors (Lipinski definition) is 4. The van der Waals surface area contributed by atoms with Crippen molar-refractivity contribution in [1.29, 1.82) is 0 Å². The van der Waals surface area contributed by atoms with E-state index in [1.807, 2.05) is 38.1 Å². The highest BCUT2D eigenvalue weighted by molar-refractivity contribution is 7.12. The number of rotatable bonds is 4. The fourth-order valence-electron chi connectivity index (χ4n) is 2.24. The van der Waals surface area contributed by atoms with E-state index in [9.17, 15) is 9.90 Å². The second-order valence-electron chi connectivity index (χ2n) is 5.34. The molecule has 108 valence electrons. The zero-order valence-corrected chi connectivity index (χ0v) is 12.6. The van der Waals surface area contributed by atoms with Gasteiger partial charge in [-0.2, -0.15) is 0 Å². The minimum atomic E-state index is -0.634. The van der Waals surface area contributed by atoms with E-state index in [1.54, 1.807) is 11.6 Å². The molecular formula is C16H16N2O2S. The molecule has 0 saturated heterocycles. The molecule has 3 rings (SSSR count). The van der Waals surface area contributed by atoms with Crippen LogP contribution in [0.15, 0.2) is 35.8 Å².